The molecule has 10 nitrogen and oxygen atoms in total. The van der Waals surface area contributed by atoms with Gasteiger partial charge in [0, 0.05) is 25.2 Å². The maximum Gasteiger partial charge on any atom is 0.241 e. The first-order valence-electron chi connectivity index (χ1n) is 9.84. The number of carbonyl (C=O) groups is 1. The van der Waals surface area contributed by atoms with Crippen LogP contribution in [-0.2, 0) is 18.4 Å². The van der Waals surface area contributed by atoms with Crippen LogP contribution in [0.4, 0.5) is 5.69 Å². The summed E-state index contributed by atoms with van der Waals surface area (Å²) >= 11 is 0. The number of nitrogens with one attached hydrogen (secondary N) is 1. The Balaban J connectivity index is 1.34. The van der Waals surface area contributed by atoms with Gasteiger partial charge in [0.15, 0.2) is 0 Å². The Morgan fingerprint density at radius 3 is 2.74 bits per heavy atom. The summed E-state index contributed by atoms with van der Waals surface area (Å²) in [6.07, 6.45) is 4.12. The minimum atomic E-state index is -0.143. The van der Waals surface area contributed by atoms with E-state index in [2.05, 4.69) is 30.8 Å². The van der Waals surface area contributed by atoms with E-state index in [1.54, 1.807) is 36.3 Å². The SMILES string of the molecule is Cc1nn(C)c(Oc2cccnc2)c1NC(=O)CCCn1nnc(-c2ccccc2)n1. The van der Waals surface area contributed by atoms with Crippen molar-refractivity contribution in [2.75, 3.05) is 5.32 Å². The van der Waals surface area contributed by atoms with Crippen LogP contribution in [0.15, 0.2) is 54.9 Å². The first-order chi connectivity index (χ1) is 15.1. The van der Waals surface area contributed by atoms with Gasteiger partial charge in [-0.1, -0.05) is 30.3 Å². The molecule has 4 rings (SSSR count). The highest BCUT2D eigenvalue weighted by molar-refractivity contribution is 5.92. The number of ether oxygens (including phenoxy) is 1. The molecular formula is C21H22N8O2. The van der Waals surface area contributed by atoms with E-state index < -0.39 is 0 Å². The predicted octanol–water partition coefficient (Wildman–Crippen LogP) is 2.99. The van der Waals surface area contributed by atoms with Gasteiger partial charge in [0.25, 0.3) is 0 Å². The molecule has 1 N–H and O–H groups in total. The van der Waals surface area contributed by atoms with E-state index in [0.29, 0.717) is 48.2 Å². The van der Waals surface area contributed by atoms with Crippen LogP contribution in [0, 0.1) is 6.92 Å². The van der Waals surface area contributed by atoms with Gasteiger partial charge < -0.3 is 10.1 Å². The Morgan fingerprint density at radius 2 is 1.97 bits per heavy atom. The van der Waals surface area contributed by atoms with Gasteiger partial charge in [0.2, 0.25) is 17.6 Å². The molecule has 3 heterocycles. The van der Waals surface area contributed by atoms with Gasteiger partial charge >= 0.3 is 0 Å². The molecule has 158 valence electrons. The number of nitrogens with zero attached hydrogens (tertiary/aromatic N) is 7. The van der Waals surface area contributed by atoms with Crippen molar-refractivity contribution in [3.63, 3.8) is 0 Å². The van der Waals surface area contributed by atoms with Gasteiger partial charge in [0.05, 0.1) is 18.4 Å². The molecule has 0 radical (unpaired) electrons. The van der Waals surface area contributed by atoms with Crippen LogP contribution in [0.25, 0.3) is 11.4 Å². The summed E-state index contributed by atoms with van der Waals surface area (Å²) in [5, 5.41) is 19.7. The van der Waals surface area contributed by atoms with E-state index in [1.165, 1.54) is 4.80 Å². The predicted molar refractivity (Wildman–Crippen MR) is 113 cm³/mol. The Labute approximate surface area is 178 Å². The fourth-order valence-corrected chi connectivity index (χ4v) is 3.04. The molecule has 0 bridgehead atoms. The summed E-state index contributed by atoms with van der Waals surface area (Å²) in [4.78, 5) is 18.1. The highest BCUT2D eigenvalue weighted by Crippen LogP contribution is 2.31. The minimum absolute atomic E-state index is 0.143. The molecule has 4 aromatic rings. The molecule has 0 aliphatic carbocycles. The molecule has 31 heavy (non-hydrogen) atoms. The second-order valence-electron chi connectivity index (χ2n) is 6.91. The van der Waals surface area contributed by atoms with Crippen molar-refractivity contribution in [3.8, 4) is 23.0 Å². The van der Waals surface area contributed by atoms with Crippen molar-refractivity contribution < 1.29 is 9.53 Å². The second-order valence-corrected chi connectivity index (χ2v) is 6.91. The van der Waals surface area contributed by atoms with Crippen LogP contribution in [0.3, 0.4) is 0 Å². The van der Waals surface area contributed by atoms with Crippen LogP contribution in [0.2, 0.25) is 0 Å². The van der Waals surface area contributed by atoms with Gasteiger partial charge in [-0.25, -0.2) is 4.68 Å². The molecule has 3 aromatic heterocycles. The largest absolute Gasteiger partial charge is 0.436 e. The van der Waals surface area contributed by atoms with Crippen molar-refractivity contribution >= 4 is 11.6 Å². The summed E-state index contributed by atoms with van der Waals surface area (Å²) in [5.41, 5.74) is 2.11. The number of aryl methyl sites for hydroxylation is 3. The van der Waals surface area contributed by atoms with E-state index in [1.807, 2.05) is 37.3 Å². The van der Waals surface area contributed by atoms with E-state index in [-0.39, 0.29) is 5.91 Å². The Hall–Kier alpha value is -4.08. The zero-order valence-corrected chi connectivity index (χ0v) is 17.3. The second kappa shape index (κ2) is 9.16. The third-order valence-corrected chi connectivity index (χ3v) is 4.53. The molecule has 10 heteroatoms. The smallest absolute Gasteiger partial charge is 0.241 e. The maximum absolute atomic E-state index is 12.5. The minimum Gasteiger partial charge on any atom is -0.436 e. The fraction of sp³-hybridized carbons (Fsp3) is 0.238. The zero-order chi connectivity index (χ0) is 21.6. The normalized spacial score (nSPS) is 10.8. The quantitative estimate of drug-likeness (QED) is 0.468. The first-order valence-corrected chi connectivity index (χ1v) is 9.84. The molecule has 0 fully saturated rings. The Morgan fingerprint density at radius 1 is 1.13 bits per heavy atom. The Kier molecular flexibility index (Phi) is 5.97. The van der Waals surface area contributed by atoms with Crippen LogP contribution >= 0.6 is 0 Å². The van der Waals surface area contributed by atoms with E-state index in [0.717, 1.165) is 5.56 Å². The van der Waals surface area contributed by atoms with E-state index >= 15 is 0 Å². The molecule has 0 saturated carbocycles. The van der Waals surface area contributed by atoms with Crippen molar-refractivity contribution in [2.24, 2.45) is 7.05 Å². The van der Waals surface area contributed by atoms with Gasteiger partial charge in [0.1, 0.15) is 11.4 Å². The van der Waals surface area contributed by atoms with Crippen molar-refractivity contribution in [1.82, 2.24) is 35.0 Å². The molecule has 1 amide bonds. The fourth-order valence-electron chi connectivity index (χ4n) is 3.04. The average Bonchev–Trinajstić information content (AvgIpc) is 3.35. The van der Waals surface area contributed by atoms with Gasteiger partial charge in [-0.05, 0) is 30.7 Å². The van der Waals surface area contributed by atoms with E-state index in [4.69, 9.17) is 4.74 Å². The summed E-state index contributed by atoms with van der Waals surface area (Å²) in [6.45, 7) is 2.30. The number of carbonyl (C=O) groups excluding carboxylic acids is 1. The lowest BCUT2D eigenvalue weighted by atomic mass is 10.2. The molecule has 0 atom stereocenters. The number of tetrazole rings is 1. The van der Waals surface area contributed by atoms with Crippen LogP contribution in [0.1, 0.15) is 18.5 Å². The molecule has 0 aliphatic rings. The molecule has 0 spiro atoms. The lowest BCUT2D eigenvalue weighted by Gasteiger charge is -2.09. The Bertz CT molecular complexity index is 1150. The third kappa shape index (κ3) is 4.92. The van der Waals surface area contributed by atoms with Crippen molar-refractivity contribution in [1.29, 1.82) is 0 Å². The van der Waals surface area contributed by atoms with E-state index in [9.17, 15) is 4.79 Å². The van der Waals surface area contributed by atoms with Gasteiger partial charge in [-0.2, -0.15) is 9.90 Å². The van der Waals surface area contributed by atoms with Crippen molar-refractivity contribution in [3.05, 3.63) is 60.6 Å². The number of benzene rings is 1. The monoisotopic (exact) mass is 418 g/mol. The number of hydrogen-bond acceptors (Lipinski definition) is 7. The molecule has 0 saturated heterocycles. The molecule has 1 aromatic carbocycles. The summed E-state index contributed by atoms with van der Waals surface area (Å²) in [7, 11) is 1.76. The molecule has 0 aliphatic heterocycles. The number of anilines is 1. The molecule has 0 unspecified atom stereocenters. The number of rotatable bonds is 8. The average molecular weight is 418 g/mol. The first kappa shape index (κ1) is 20.2. The third-order valence-electron chi connectivity index (χ3n) is 4.53. The van der Waals surface area contributed by atoms with Gasteiger partial charge in [-0.15, -0.1) is 10.2 Å². The highest BCUT2D eigenvalue weighted by Gasteiger charge is 2.18. The summed E-state index contributed by atoms with van der Waals surface area (Å²) in [5.74, 6) is 1.43. The number of pyridine rings is 1. The van der Waals surface area contributed by atoms with Crippen molar-refractivity contribution in [2.45, 2.75) is 26.3 Å². The number of aromatic nitrogens is 7. The lowest BCUT2D eigenvalue weighted by molar-refractivity contribution is -0.116. The zero-order valence-electron chi connectivity index (χ0n) is 17.3. The highest BCUT2D eigenvalue weighted by atomic mass is 16.5. The maximum atomic E-state index is 12.5. The summed E-state index contributed by atoms with van der Waals surface area (Å²) < 4.78 is 7.46. The number of hydrogen-bond donors (Lipinski definition) is 1. The summed E-state index contributed by atoms with van der Waals surface area (Å²) in [6, 6.07) is 13.2. The van der Waals surface area contributed by atoms with Crippen LogP contribution < -0.4 is 10.1 Å². The lowest BCUT2D eigenvalue weighted by Crippen LogP contribution is -2.14. The standard InChI is InChI=1S/C21H22N8O2/c1-15-19(21(28(2)25-15)31-17-10-6-12-22-14-17)23-18(30)11-7-13-29-26-20(24-27-29)16-8-4-3-5-9-16/h3-6,8-10,12,14H,7,11,13H2,1-2H3,(H,23,30). The van der Waals surface area contributed by atoms with Crippen LogP contribution in [0.5, 0.6) is 11.6 Å². The molecular weight excluding hydrogens is 396 g/mol. The van der Waals surface area contributed by atoms with Gasteiger partial charge in [-0.3, -0.25) is 9.78 Å². The van der Waals surface area contributed by atoms with Crippen LogP contribution in [-0.4, -0.2) is 40.9 Å². The number of amides is 1. The topological polar surface area (TPSA) is 113 Å².